The molecule has 82 valence electrons. The fourth-order valence-corrected chi connectivity index (χ4v) is 1.03. The molecule has 1 rings (SSSR count). The van der Waals surface area contributed by atoms with Gasteiger partial charge in [-0.05, 0) is 5.56 Å². The van der Waals surface area contributed by atoms with Crippen molar-refractivity contribution in [2.45, 2.75) is 12.7 Å². The minimum absolute atomic E-state index is 0.180. The molecule has 15 heavy (non-hydrogen) atoms. The largest absolute Gasteiger partial charge is 0.387 e. The second kappa shape index (κ2) is 7.17. The molecule has 0 radical (unpaired) electrons. The molecule has 0 aliphatic rings. The Balaban J connectivity index is 2.05. The average Bonchev–Trinajstić information content (AvgIpc) is 2.29. The van der Waals surface area contributed by atoms with Crippen molar-refractivity contribution in [3.8, 4) is 0 Å². The summed E-state index contributed by atoms with van der Waals surface area (Å²) in [4.78, 5) is 0. The molecule has 1 unspecified atom stereocenters. The Bertz CT molecular complexity index is 271. The molecule has 0 saturated carbocycles. The summed E-state index contributed by atoms with van der Waals surface area (Å²) in [5.41, 5.74) is 1.10. The first-order valence-corrected chi connectivity index (χ1v) is 4.83. The van der Waals surface area contributed by atoms with Crippen molar-refractivity contribution in [3.05, 3.63) is 48.6 Å². The van der Waals surface area contributed by atoms with E-state index in [1.54, 1.807) is 0 Å². The van der Waals surface area contributed by atoms with Crippen LogP contribution in [0.15, 0.2) is 43.0 Å². The van der Waals surface area contributed by atoms with Gasteiger partial charge in [0.2, 0.25) is 0 Å². The van der Waals surface area contributed by atoms with E-state index in [9.17, 15) is 0 Å². The molecule has 0 aliphatic carbocycles. The SMILES string of the molecule is C=CC(O)COCOCc1ccccc1. The Morgan fingerprint density at radius 2 is 2.00 bits per heavy atom. The summed E-state index contributed by atoms with van der Waals surface area (Å²) in [6.07, 6.45) is 0.808. The predicted molar refractivity (Wildman–Crippen MR) is 58.3 cm³/mol. The van der Waals surface area contributed by atoms with Crippen molar-refractivity contribution in [2.24, 2.45) is 0 Å². The van der Waals surface area contributed by atoms with Crippen LogP contribution in [0.4, 0.5) is 0 Å². The molecule has 1 aromatic carbocycles. The molecule has 3 heteroatoms. The summed E-state index contributed by atoms with van der Waals surface area (Å²) in [5.74, 6) is 0. The molecular formula is C12H16O3. The highest BCUT2D eigenvalue weighted by molar-refractivity contribution is 5.13. The highest BCUT2D eigenvalue weighted by Gasteiger charge is 1.97. The zero-order valence-electron chi connectivity index (χ0n) is 8.63. The summed E-state index contributed by atoms with van der Waals surface area (Å²) in [5, 5.41) is 9.08. The van der Waals surface area contributed by atoms with Crippen molar-refractivity contribution in [1.29, 1.82) is 0 Å². The summed E-state index contributed by atoms with van der Waals surface area (Å²) in [6, 6.07) is 9.85. The third-order valence-electron chi connectivity index (χ3n) is 1.84. The quantitative estimate of drug-likeness (QED) is 0.421. The summed E-state index contributed by atoms with van der Waals surface area (Å²) in [7, 11) is 0. The first-order valence-electron chi connectivity index (χ1n) is 4.83. The number of aliphatic hydroxyl groups excluding tert-OH is 1. The van der Waals surface area contributed by atoms with Gasteiger partial charge in [0, 0.05) is 0 Å². The second-order valence-electron chi connectivity index (χ2n) is 3.13. The molecule has 0 heterocycles. The Hall–Kier alpha value is -1.16. The highest BCUT2D eigenvalue weighted by atomic mass is 16.7. The lowest BCUT2D eigenvalue weighted by atomic mass is 10.2. The van der Waals surface area contributed by atoms with Crippen LogP contribution in [0.3, 0.4) is 0 Å². The lowest BCUT2D eigenvalue weighted by molar-refractivity contribution is -0.0782. The van der Waals surface area contributed by atoms with Gasteiger partial charge in [0.15, 0.2) is 0 Å². The van der Waals surface area contributed by atoms with Gasteiger partial charge in [-0.2, -0.15) is 0 Å². The van der Waals surface area contributed by atoms with Crippen LogP contribution in [0.25, 0.3) is 0 Å². The molecule has 0 bridgehead atoms. The van der Waals surface area contributed by atoms with Crippen LogP contribution in [-0.2, 0) is 16.1 Å². The molecule has 0 spiro atoms. The maximum atomic E-state index is 9.08. The Labute approximate surface area is 90.0 Å². The predicted octanol–water partition coefficient (Wildman–Crippen LogP) is 1.72. The smallest absolute Gasteiger partial charge is 0.147 e. The van der Waals surface area contributed by atoms with Crippen molar-refractivity contribution in [1.82, 2.24) is 0 Å². The van der Waals surface area contributed by atoms with Crippen LogP contribution in [-0.4, -0.2) is 24.6 Å². The molecule has 0 amide bonds. The van der Waals surface area contributed by atoms with Gasteiger partial charge in [0.25, 0.3) is 0 Å². The zero-order valence-corrected chi connectivity index (χ0v) is 8.63. The standard InChI is InChI=1S/C12H16O3/c1-2-12(13)9-15-10-14-8-11-6-4-3-5-7-11/h2-7,12-13H,1,8-10H2. The molecule has 1 aromatic rings. The lowest BCUT2D eigenvalue weighted by Gasteiger charge is -2.07. The Morgan fingerprint density at radius 1 is 1.27 bits per heavy atom. The molecule has 1 atom stereocenters. The number of ether oxygens (including phenoxy) is 2. The van der Waals surface area contributed by atoms with Crippen LogP contribution < -0.4 is 0 Å². The molecule has 0 aliphatic heterocycles. The third-order valence-corrected chi connectivity index (χ3v) is 1.84. The van der Waals surface area contributed by atoms with E-state index in [0.717, 1.165) is 5.56 Å². The van der Waals surface area contributed by atoms with Crippen LogP contribution in [0.1, 0.15) is 5.56 Å². The van der Waals surface area contributed by atoms with E-state index >= 15 is 0 Å². The fraction of sp³-hybridized carbons (Fsp3) is 0.333. The van der Waals surface area contributed by atoms with Crippen LogP contribution in [0, 0.1) is 0 Å². The van der Waals surface area contributed by atoms with E-state index in [0.29, 0.717) is 6.61 Å². The topological polar surface area (TPSA) is 38.7 Å². The molecule has 0 saturated heterocycles. The summed E-state index contributed by atoms with van der Waals surface area (Å²) < 4.78 is 10.3. The first-order chi connectivity index (χ1) is 7.33. The van der Waals surface area contributed by atoms with Crippen molar-refractivity contribution in [3.63, 3.8) is 0 Å². The Morgan fingerprint density at radius 3 is 2.67 bits per heavy atom. The van der Waals surface area contributed by atoms with E-state index in [-0.39, 0.29) is 13.4 Å². The molecule has 3 nitrogen and oxygen atoms in total. The van der Waals surface area contributed by atoms with E-state index in [4.69, 9.17) is 14.6 Å². The molecular weight excluding hydrogens is 192 g/mol. The van der Waals surface area contributed by atoms with E-state index < -0.39 is 6.10 Å². The fourth-order valence-electron chi connectivity index (χ4n) is 1.03. The maximum Gasteiger partial charge on any atom is 0.147 e. The lowest BCUT2D eigenvalue weighted by Crippen LogP contribution is -2.13. The van der Waals surface area contributed by atoms with E-state index in [1.807, 2.05) is 30.3 Å². The number of rotatable bonds is 7. The van der Waals surface area contributed by atoms with E-state index in [1.165, 1.54) is 6.08 Å². The van der Waals surface area contributed by atoms with Gasteiger partial charge in [-0.25, -0.2) is 0 Å². The summed E-state index contributed by atoms with van der Waals surface area (Å²) in [6.45, 7) is 4.36. The van der Waals surface area contributed by atoms with Gasteiger partial charge >= 0.3 is 0 Å². The monoisotopic (exact) mass is 208 g/mol. The number of hydrogen-bond donors (Lipinski definition) is 1. The minimum Gasteiger partial charge on any atom is -0.387 e. The number of aliphatic hydroxyl groups is 1. The Kier molecular flexibility index (Phi) is 5.70. The van der Waals surface area contributed by atoms with Crippen molar-refractivity contribution in [2.75, 3.05) is 13.4 Å². The average molecular weight is 208 g/mol. The number of benzene rings is 1. The maximum absolute atomic E-state index is 9.08. The van der Waals surface area contributed by atoms with Gasteiger partial charge in [0.1, 0.15) is 6.79 Å². The summed E-state index contributed by atoms with van der Waals surface area (Å²) >= 11 is 0. The van der Waals surface area contributed by atoms with Gasteiger partial charge in [-0.15, -0.1) is 6.58 Å². The van der Waals surface area contributed by atoms with Gasteiger partial charge in [-0.3, -0.25) is 0 Å². The zero-order chi connectivity index (χ0) is 10.9. The van der Waals surface area contributed by atoms with E-state index in [2.05, 4.69) is 6.58 Å². The van der Waals surface area contributed by atoms with Gasteiger partial charge in [-0.1, -0.05) is 36.4 Å². The van der Waals surface area contributed by atoms with Crippen molar-refractivity contribution >= 4 is 0 Å². The van der Waals surface area contributed by atoms with Crippen LogP contribution >= 0.6 is 0 Å². The second-order valence-corrected chi connectivity index (χ2v) is 3.13. The first kappa shape index (κ1) is 11.9. The highest BCUT2D eigenvalue weighted by Crippen LogP contribution is 2.00. The third kappa shape index (κ3) is 5.32. The molecule has 0 fully saturated rings. The van der Waals surface area contributed by atoms with Crippen LogP contribution in [0.5, 0.6) is 0 Å². The minimum atomic E-state index is -0.620. The van der Waals surface area contributed by atoms with Crippen LogP contribution in [0.2, 0.25) is 0 Å². The van der Waals surface area contributed by atoms with Gasteiger partial charge in [0.05, 0.1) is 19.3 Å². The normalized spacial score (nSPS) is 12.3. The molecule has 1 N–H and O–H groups in total. The van der Waals surface area contributed by atoms with Crippen molar-refractivity contribution < 1.29 is 14.6 Å². The number of hydrogen-bond acceptors (Lipinski definition) is 3. The molecule has 0 aromatic heterocycles. The van der Waals surface area contributed by atoms with Gasteiger partial charge < -0.3 is 14.6 Å².